The number of nitrogens with two attached hydrogens (primary N) is 1. The van der Waals surface area contributed by atoms with E-state index in [2.05, 4.69) is 39.5 Å². The van der Waals surface area contributed by atoms with E-state index in [0.717, 1.165) is 24.3 Å². The van der Waals surface area contributed by atoms with Crippen molar-refractivity contribution in [2.75, 3.05) is 19.6 Å². The normalized spacial score (nSPS) is 22.9. The summed E-state index contributed by atoms with van der Waals surface area (Å²) < 4.78 is 0. The minimum absolute atomic E-state index is 0.257. The van der Waals surface area contributed by atoms with Gasteiger partial charge in [0, 0.05) is 18.6 Å². The van der Waals surface area contributed by atoms with Crippen molar-refractivity contribution >= 4 is 0 Å². The minimum Gasteiger partial charge on any atom is -0.329 e. The fraction of sp³-hybridized carbons (Fsp3) is 1.00. The number of nitrogens with zero attached hydrogens (tertiary/aromatic N) is 1. The molecule has 1 aliphatic heterocycles. The van der Waals surface area contributed by atoms with Crippen molar-refractivity contribution in [2.24, 2.45) is 23.5 Å². The zero-order valence-electron chi connectivity index (χ0n) is 12.5. The predicted molar refractivity (Wildman–Crippen MR) is 76.0 cm³/mol. The van der Waals surface area contributed by atoms with E-state index in [1.807, 2.05) is 0 Å². The van der Waals surface area contributed by atoms with E-state index in [0.29, 0.717) is 0 Å². The van der Waals surface area contributed by atoms with Gasteiger partial charge in [0.25, 0.3) is 0 Å². The Bertz CT molecular complexity index is 213. The summed E-state index contributed by atoms with van der Waals surface area (Å²) in [6.45, 7) is 15.0. The lowest BCUT2D eigenvalue weighted by atomic mass is 9.80. The maximum atomic E-state index is 6.19. The molecule has 0 aromatic heterocycles. The predicted octanol–water partition coefficient (Wildman–Crippen LogP) is 3.12. The number of likely N-dealkylation sites (tertiary alicyclic amines) is 1. The van der Waals surface area contributed by atoms with Crippen molar-refractivity contribution in [2.45, 2.75) is 59.4 Å². The topological polar surface area (TPSA) is 29.3 Å². The standard InChI is InChI=1S/C15H32N2/c1-12(2)8-15(11-16,9-13(3)4)17-7-6-14(5)10-17/h12-14H,6-11,16H2,1-5H3. The Kier molecular flexibility index (Phi) is 5.46. The highest BCUT2D eigenvalue weighted by molar-refractivity contribution is 4.96. The van der Waals surface area contributed by atoms with Crippen molar-refractivity contribution in [1.29, 1.82) is 0 Å². The molecular formula is C15H32N2. The van der Waals surface area contributed by atoms with E-state index in [9.17, 15) is 0 Å². The summed E-state index contributed by atoms with van der Waals surface area (Å²) >= 11 is 0. The van der Waals surface area contributed by atoms with E-state index in [4.69, 9.17) is 5.73 Å². The molecular weight excluding hydrogens is 208 g/mol. The molecule has 2 nitrogen and oxygen atoms in total. The SMILES string of the molecule is CC(C)CC(CN)(CC(C)C)N1CCC(C)C1. The Morgan fingerprint density at radius 2 is 1.71 bits per heavy atom. The summed E-state index contributed by atoms with van der Waals surface area (Å²) in [5.74, 6) is 2.31. The van der Waals surface area contributed by atoms with Gasteiger partial charge in [-0.25, -0.2) is 0 Å². The smallest absolute Gasteiger partial charge is 0.0336 e. The molecule has 0 bridgehead atoms. The van der Waals surface area contributed by atoms with E-state index in [1.165, 1.54) is 32.4 Å². The van der Waals surface area contributed by atoms with Crippen LogP contribution in [0, 0.1) is 17.8 Å². The van der Waals surface area contributed by atoms with E-state index in [1.54, 1.807) is 0 Å². The van der Waals surface area contributed by atoms with Crippen molar-refractivity contribution in [3.8, 4) is 0 Å². The minimum atomic E-state index is 0.257. The van der Waals surface area contributed by atoms with Crippen LogP contribution in [0.1, 0.15) is 53.9 Å². The third-order valence-corrected chi connectivity index (χ3v) is 4.05. The number of hydrogen-bond donors (Lipinski definition) is 1. The molecule has 0 amide bonds. The fourth-order valence-electron chi connectivity index (χ4n) is 3.52. The van der Waals surface area contributed by atoms with Crippen molar-refractivity contribution in [3.63, 3.8) is 0 Å². The van der Waals surface area contributed by atoms with Gasteiger partial charge in [-0.05, 0) is 43.6 Å². The highest BCUT2D eigenvalue weighted by atomic mass is 15.2. The highest BCUT2D eigenvalue weighted by Gasteiger charge is 2.39. The van der Waals surface area contributed by atoms with Crippen molar-refractivity contribution in [1.82, 2.24) is 4.90 Å². The lowest BCUT2D eigenvalue weighted by molar-refractivity contribution is 0.0732. The molecule has 0 aromatic rings. The molecule has 1 rings (SSSR count). The summed E-state index contributed by atoms with van der Waals surface area (Å²) in [6.07, 6.45) is 3.83. The van der Waals surface area contributed by atoms with Gasteiger partial charge in [-0.1, -0.05) is 34.6 Å². The summed E-state index contributed by atoms with van der Waals surface area (Å²) in [5, 5.41) is 0. The first-order chi connectivity index (χ1) is 7.89. The molecule has 1 fully saturated rings. The molecule has 0 aliphatic carbocycles. The maximum absolute atomic E-state index is 6.19. The van der Waals surface area contributed by atoms with Crippen LogP contribution in [0.5, 0.6) is 0 Å². The van der Waals surface area contributed by atoms with Gasteiger partial charge in [-0.3, -0.25) is 4.90 Å². The van der Waals surface area contributed by atoms with Crippen LogP contribution in [0.4, 0.5) is 0 Å². The molecule has 2 heteroatoms. The highest BCUT2D eigenvalue weighted by Crippen LogP contribution is 2.34. The molecule has 1 atom stereocenters. The van der Waals surface area contributed by atoms with Crippen LogP contribution in [0.3, 0.4) is 0 Å². The molecule has 0 radical (unpaired) electrons. The third-order valence-electron chi connectivity index (χ3n) is 4.05. The van der Waals surface area contributed by atoms with Gasteiger partial charge in [0.05, 0.1) is 0 Å². The second kappa shape index (κ2) is 6.19. The number of hydrogen-bond acceptors (Lipinski definition) is 2. The average molecular weight is 240 g/mol. The van der Waals surface area contributed by atoms with E-state index >= 15 is 0 Å². The molecule has 102 valence electrons. The number of rotatable bonds is 6. The van der Waals surface area contributed by atoms with Crippen LogP contribution in [0.2, 0.25) is 0 Å². The van der Waals surface area contributed by atoms with Crippen LogP contribution in [-0.4, -0.2) is 30.1 Å². The van der Waals surface area contributed by atoms with E-state index < -0.39 is 0 Å². The second-order valence-corrected chi connectivity index (χ2v) is 6.96. The zero-order chi connectivity index (χ0) is 13.1. The molecule has 1 heterocycles. The molecule has 0 spiro atoms. The first-order valence-electron chi connectivity index (χ1n) is 7.34. The van der Waals surface area contributed by atoms with Crippen LogP contribution in [0.15, 0.2) is 0 Å². The Labute approximate surface area is 108 Å². The molecule has 0 aromatic carbocycles. The maximum Gasteiger partial charge on any atom is 0.0336 e. The van der Waals surface area contributed by atoms with Crippen LogP contribution >= 0.6 is 0 Å². The lowest BCUT2D eigenvalue weighted by Crippen LogP contribution is -2.54. The lowest BCUT2D eigenvalue weighted by Gasteiger charge is -2.44. The zero-order valence-corrected chi connectivity index (χ0v) is 12.5. The molecule has 1 unspecified atom stereocenters. The summed E-state index contributed by atoms with van der Waals surface area (Å²) in [4.78, 5) is 2.69. The van der Waals surface area contributed by atoms with Gasteiger partial charge < -0.3 is 5.73 Å². The molecule has 0 saturated carbocycles. The molecule has 1 saturated heterocycles. The van der Waals surface area contributed by atoms with Crippen molar-refractivity contribution in [3.05, 3.63) is 0 Å². The van der Waals surface area contributed by atoms with Gasteiger partial charge >= 0.3 is 0 Å². The summed E-state index contributed by atoms with van der Waals surface area (Å²) in [7, 11) is 0. The largest absolute Gasteiger partial charge is 0.329 e. The first-order valence-corrected chi connectivity index (χ1v) is 7.34. The third kappa shape index (κ3) is 3.96. The Balaban J connectivity index is 2.81. The molecule has 1 aliphatic rings. The molecule has 17 heavy (non-hydrogen) atoms. The van der Waals surface area contributed by atoms with Crippen LogP contribution in [-0.2, 0) is 0 Å². The first kappa shape index (κ1) is 15.0. The Morgan fingerprint density at radius 3 is 2.00 bits per heavy atom. The fourth-order valence-corrected chi connectivity index (χ4v) is 3.52. The van der Waals surface area contributed by atoms with Gasteiger partial charge in [-0.15, -0.1) is 0 Å². The second-order valence-electron chi connectivity index (χ2n) is 6.96. The summed E-state index contributed by atoms with van der Waals surface area (Å²) in [5.41, 5.74) is 6.44. The quantitative estimate of drug-likeness (QED) is 0.773. The van der Waals surface area contributed by atoms with Gasteiger partial charge in [0.1, 0.15) is 0 Å². The molecule has 2 N–H and O–H groups in total. The Morgan fingerprint density at radius 1 is 1.18 bits per heavy atom. The van der Waals surface area contributed by atoms with Crippen LogP contribution in [0.25, 0.3) is 0 Å². The monoisotopic (exact) mass is 240 g/mol. The van der Waals surface area contributed by atoms with E-state index in [-0.39, 0.29) is 5.54 Å². The van der Waals surface area contributed by atoms with Crippen LogP contribution < -0.4 is 5.73 Å². The Hall–Kier alpha value is -0.0800. The van der Waals surface area contributed by atoms with Gasteiger partial charge in [-0.2, -0.15) is 0 Å². The van der Waals surface area contributed by atoms with Gasteiger partial charge in [0.2, 0.25) is 0 Å². The van der Waals surface area contributed by atoms with Gasteiger partial charge in [0.15, 0.2) is 0 Å². The average Bonchev–Trinajstić information content (AvgIpc) is 2.62. The summed E-state index contributed by atoms with van der Waals surface area (Å²) in [6, 6.07) is 0. The van der Waals surface area contributed by atoms with Crippen molar-refractivity contribution < 1.29 is 0 Å².